The highest BCUT2D eigenvalue weighted by molar-refractivity contribution is 9.09. The van der Waals surface area contributed by atoms with Crippen molar-refractivity contribution < 1.29 is 22.7 Å². The van der Waals surface area contributed by atoms with Crippen molar-refractivity contribution >= 4 is 39.1 Å². The highest BCUT2D eigenvalue weighted by Gasteiger charge is 2.59. The molecule has 0 radical (unpaired) electrons. The van der Waals surface area contributed by atoms with Crippen molar-refractivity contribution in [2.24, 2.45) is 5.92 Å². The number of hydrogen-bond acceptors (Lipinski definition) is 2. The van der Waals surface area contributed by atoms with Gasteiger partial charge < -0.3 is 10.1 Å². The molecule has 2 atom stereocenters. The van der Waals surface area contributed by atoms with Gasteiger partial charge in [0.2, 0.25) is 5.60 Å². The van der Waals surface area contributed by atoms with Crippen LogP contribution in [0.4, 0.5) is 18.9 Å². The second kappa shape index (κ2) is 6.93. The summed E-state index contributed by atoms with van der Waals surface area (Å²) >= 11 is 9.11. The van der Waals surface area contributed by atoms with Crippen molar-refractivity contribution in [1.82, 2.24) is 0 Å². The van der Waals surface area contributed by atoms with Gasteiger partial charge in [0.25, 0.3) is 5.91 Å². The highest BCUT2D eigenvalue weighted by atomic mass is 79.9. The van der Waals surface area contributed by atoms with Crippen LogP contribution >= 0.6 is 27.5 Å². The van der Waals surface area contributed by atoms with Crippen LogP contribution in [0.3, 0.4) is 0 Å². The number of carbonyl (C=O) groups is 1. The smallest absolute Gasteiger partial charge is 0.344 e. The maximum Gasteiger partial charge on any atom is 0.425 e. The zero-order chi connectivity index (χ0) is 18.2. The number of rotatable bonds is 4. The number of carbonyl (C=O) groups excluding carboxylic acids is 1. The summed E-state index contributed by atoms with van der Waals surface area (Å²) in [5.74, 6) is -0.485. The second-order valence-corrected chi connectivity index (χ2v) is 7.42. The Kier molecular flexibility index (Phi) is 5.19. The Hall–Kier alpha value is -1.05. The molecule has 8 heteroatoms. The molecule has 0 saturated heterocycles. The molecule has 1 saturated carbocycles. The van der Waals surface area contributed by atoms with Crippen LogP contribution in [0.15, 0.2) is 30.4 Å². The monoisotopic (exact) mass is 437 g/mol. The number of nitrogens with one attached hydrogen (secondary N) is 1. The number of amides is 1. The van der Waals surface area contributed by atoms with Gasteiger partial charge in [-0.2, -0.15) is 13.2 Å². The van der Waals surface area contributed by atoms with Gasteiger partial charge in [-0.15, -0.1) is 0 Å². The van der Waals surface area contributed by atoms with Crippen LogP contribution in [0.2, 0.25) is 5.02 Å². The Morgan fingerprint density at radius 2 is 2.12 bits per heavy atom. The number of benzene rings is 1. The first-order chi connectivity index (χ1) is 11.8. The Morgan fingerprint density at radius 3 is 2.72 bits per heavy atom. The normalized spacial score (nSPS) is 27.1. The molecule has 1 aliphatic heterocycles. The van der Waals surface area contributed by atoms with Crippen LogP contribution in [0.1, 0.15) is 24.8 Å². The van der Waals surface area contributed by atoms with Gasteiger partial charge in [-0.3, -0.25) is 4.79 Å². The molecule has 1 aromatic carbocycles. The fourth-order valence-corrected chi connectivity index (χ4v) is 3.37. The molecule has 1 amide bonds. The third-order valence-electron chi connectivity index (χ3n) is 4.28. The van der Waals surface area contributed by atoms with Crippen LogP contribution in [0, 0.1) is 5.92 Å². The van der Waals surface area contributed by atoms with Crippen molar-refractivity contribution in [3.63, 3.8) is 0 Å². The lowest BCUT2D eigenvalue weighted by Crippen LogP contribution is -2.46. The van der Waals surface area contributed by atoms with E-state index in [4.69, 9.17) is 16.3 Å². The first-order valence-corrected chi connectivity index (χ1v) is 9.37. The lowest BCUT2D eigenvalue weighted by molar-refractivity contribution is -0.272. The zero-order valence-electron chi connectivity index (χ0n) is 13.1. The summed E-state index contributed by atoms with van der Waals surface area (Å²) in [4.78, 5) is 12.3. The third-order valence-corrected chi connectivity index (χ3v) is 4.97. The van der Waals surface area contributed by atoms with Crippen molar-refractivity contribution in [2.75, 3.05) is 10.6 Å². The molecule has 136 valence electrons. The van der Waals surface area contributed by atoms with Crippen molar-refractivity contribution in [2.45, 2.75) is 37.1 Å². The molecule has 3 nitrogen and oxygen atoms in total. The van der Waals surface area contributed by atoms with Crippen molar-refractivity contribution in [1.29, 1.82) is 0 Å². The van der Waals surface area contributed by atoms with E-state index in [2.05, 4.69) is 21.2 Å². The molecular weight excluding hydrogens is 423 g/mol. The first kappa shape index (κ1) is 18.7. The van der Waals surface area contributed by atoms with E-state index in [0.717, 1.165) is 18.9 Å². The van der Waals surface area contributed by atoms with E-state index < -0.39 is 23.8 Å². The summed E-state index contributed by atoms with van der Waals surface area (Å²) in [5, 5.41) is 3.02. The highest BCUT2D eigenvalue weighted by Crippen LogP contribution is 2.50. The zero-order valence-corrected chi connectivity index (χ0v) is 15.4. The summed E-state index contributed by atoms with van der Waals surface area (Å²) < 4.78 is 48.1. The van der Waals surface area contributed by atoms with Crippen LogP contribution in [0.25, 0.3) is 0 Å². The summed E-state index contributed by atoms with van der Waals surface area (Å²) in [7, 11) is 0. The number of fused-ring (bicyclic) bond motifs is 1. The van der Waals surface area contributed by atoms with Crippen LogP contribution in [0.5, 0.6) is 0 Å². The summed E-state index contributed by atoms with van der Waals surface area (Å²) in [6.45, 7) is 0. The fraction of sp³-hybridized carbons (Fsp3) is 0.471. The number of anilines is 1. The third kappa shape index (κ3) is 3.73. The molecule has 3 rings (SSSR count). The number of halogens is 5. The molecule has 0 aromatic heterocycles. The molecule has 2 aliphatic rings. The summed E-state index contributed by atoms with van der Waals surface area (Å²) in [6, 6.07) is 4.02. The lowest BCUT2D eigenvalue weighted by atomic mass is 9.90. The van der Waals surface area contributed by atoms with Crippen molar-refractivity contribution in [3.05, 3.63) is 40.9 Å². The first-order valence-electron chi connectivity index (χ1n) is 7.87. The van der Waals surface area contributed by atoms with E-state index in [1.165, 1.54) is 24.3 Å². The minimum atomic E-state index is -4.76. The maximum atomic E-state index is 14.2. The largest absolute Gasteiger partial charge is 0.425 e. The minimum Gasteiger partial charge on any atom is -0.344 e. The van der Waals surface area contributed by atoms with Crippen molar-refractivity contribution in [3.8, 4) is 0 Å². The molecule has 1 aliphatic carbocycles. The predicted molar refractivity (Wildman–Crippen MR) is 93.0 cm³/mol. The Labute approximate surface area is 156 Å². The van der Waals surface area contributed by atoms with E-state index >= 15 is 0 Å². The van der Waals surface area contributed by atoms with Gasteiger partial charge in [-0.25, -0.2) is 0 Å². The van der Waals surface area contributed by atoms with Gasteiger partial charge in [0.15, 0.2) is 0 Å². The second-order valence-electron chi connectivity index (χ2n) is 6.19. The lowest BCUT2D eigenvalue weighted by Gasteiger charge is -2.35. The number of ether oxygens (including phenoxy) is 1. The summed E-state index contributed by atoms with van der Waals surface area (Å²) in [6.07, 6.45) is -1.60. The fourth-order valence-electron chi connectivity index (χ4n) is 2.78. The molecule has 0 bridgehead atoms. The molecule has 1 heterocycles. The average Bonchev–Trinajstić information content (AvgIpc) is 3.35. The molecule has 1 N–H and O–H groups in total. The topological polar surface area (TPSA) is 38.3 Å². The van der Waals surface area contributed by atoms with Crippen LogP contribution < -0.4 is 5.32 Å². The average molecular weight is 439 g/mol. The van der Waals surface area contributed by atoms with Crippen LogP contribution in [-0.2, 0) is 15.1 Å². The van der Waals surface area contributed by atoms with E-state index in [-0.39, 0.29) is 28.6 Å². The van der Waals surface area contributed by atoms with Gasteiger partial charge in [0.1, 0.15) is 6.10 Å². The Morgan fingerprint density at radius 1 is 1.40 bits per heavy atom. The molecule has 1 fully saturated rings. The SMILES string of the molecule is O=C1Nc2ccc(Cl)cc2[C@@](/C=C/C2CC2)(C(F)(F)F)O[C@H]1CCBr. The van der Waals surface area contributed by atoms with Crippen LogP contribution in [-0.4, -0.2) is 23.5 Å². The van der Waals surface area contributed by atoms with Gasteiger partial charge in [-0.1, -0.05) is 33.6 Å². The van der Waals surface area contributed by atoms with Gasteiger partial charge in [-0.05, 0) is 49.5 Å². The van der Waals surface area contributed by atoms with E-state index in [0.29, 0.717) is 5.33 Å². The Balaban J connectivity index is 2.19. The summed E-state index contributed by atoms with van der Waals surface area (Å²) in [5.41, 5.74) is -2.86. The number of allylic oxidation sites excluding steroid dienone is 1. The van der Waals surface area contributed by atoms with E-state index in [1.54, 1.807) is 0 Å². The maximum absolute atomic E-state index is 14.2. The molecule has 1 aromatic rings. The number of alkyl halides is 4. The van der Waals surface area contributed by atoms with Gasteiger partial charge in [0.05, 0.1) is 0 Å². The molecule has 0 spiro atoms. The Bertz CT molecular complexity index is 706. The molecule has 25 heavy (non-hydrogen) atoms. The molecular formula is C17H16BrClF3NO2. The minimum absolute atomic E-state index is 0.0595. The predicted octanol–water partition coefficient (Wildman–Crippen LogP) is 5.19. The van der Waals surface area contributed by atoms with E-state index in [1.807, 2.05) is 0 Å². The quantitative estimate of drug-likeness (QED) is 0.519. The standard InChI is InChI=1S/C17H16BrClF3NO2/c18-8-6-14-15(24)23-13-4-3-11(19)9-12(13)16(25-14,17(20,21)22)7-5-10-1-2-10/h3-5,7,9-10,14H,1-2,6,8H2,(H,23,24)/b7-5+/t14-,16-/m0/s1. The van der Waals surface area contributed by atoms with E-state index in [9.17, 15) is 18.0 Å². The molecule has 0 unspecified atom stereocenters. The van der Waals surface area contributed by atoms with Gasteiger partial charge >= 0.3 is 6.18 Å². The van der Waals surface area contributed by atoms with Gasteiger partial charge in [0, 0.05) is 21.6 Å². The number of hydrogen-bond donors (Lipinski definition) is 1.